The Morgan fingerprint density at radius 3 is 0.295 bits per heavy atom. The van der Waals surface area contributed by atoms with E-state index in [4.69, 9.17) is 0 Å². The molecule has 33 heteroatoms. The van der Waals surface area contributed by atoms with E-state index < -0.39 is 173 Å². The van der Waals surface area contributed by atoms with Crippen LogP contribution in [-0.4, -0.2) is 89.5 Å². The van der Waals surface area contributed by atoms with Crippen molar-refractivity contribution in [3.05, 3.63) is 174 Å². The van der Waals surface area contributed by atoms with Crippen molar-refractivity contribution in [2.45, 2.75) is 0 Å². The van der Waals surface area contributed by atoms with Crippen molar-refractivity contribution in [3.63, 3.8) is 0 Å². The summed E-state index contributed by atoms with van der Waals surface area (Å²) >= 11 is 0. The third-order valence-electron chi connectivity index (χ3n) is 8.54. The van der Waals surface area contributed by atoms with Crippen LogP contribution in [0.1, 0.15) is 155 Å². The molecule has 5 rings (SSSR count). The molecule has 30 nitrogen and oxygen atoms in total. The molecule has 0 aromatic heterocycles. The monoisotopic (exact) mass is 1190 g/mol. The van der Waals surface area contributed by atoms with E-state index in [1.54, 1.807) is 0 Å². The fourth-order valence-electron chi connectivity index (χ4n) is 5.56. The van der Waals surface area contributed by atoms with E-state index in [0.717, 1.165) is 91.0 Å². The van der Waals surface area contributed by atoms with Crippen molar-refractivity contribution in [3.8, 4) is 0 Å². The second-order valence-corrected chi connectivity index (χ2v) is 13.0. The summed E-state index contributed by atoms with van der Waals surface area (Å²) in [6.45, 7) is 0. The van der Waals surface area contributed by atoms with E-state index >= 15 is 0 Å². The summed E-state index contributed by atoms with van der Waals surface area (Å²) in [6.07, 6.45) is 0. The summed E-state index contributed by atoms with van der Waals surface area (Å²) in [5, 5.41) is 158. The minimum atomic E-state index is -1.91. The molecule has 0 fully saturated rings. The van der Waals surface area contributed by atoms with E-state index in [1.165, 1.54) is 0 Å². The second-order valence-electron chi connectivity index (χ2n) is 13.0. The molecular formula is C45H15O30V3-15. The number of benzene rings is 5. The van der Waals surface area contributed by atoms with Gasteiger partial charge in [0.25, 0.3) is 0 Å². The number of aromatic carboxylic acids is 15. The maximum atomic E-state index is 10.6. The Morgan fingerprint density at radius 1 is 0.167 bits per heavy atom. The molecule has 405 valence electrons. The minimum Gasteiger partial charge on any atom is -0.545 e. The van der Waals surface area contributed by atoms with Gasteiger partial charge in [-0.15, -0.1) is 0 Å². The van der Waals surface area contributed by atoms with Crippen LogP contribution in [0.3, 0.4) is 0 Å². The van der Waals surface area contributed by atoms with E-state index in [2.05, 4.69) is 0 Å². The van der Waals surface area contributed by atoms with Crippen LogP contribution in [-0.2, 0) is 55.7 Å². The molecule has 0 saturated heterocycles. The summed E-state index contributed by atoms with van der Waals surface area (Å²) in [7, 11) is 0. The zero-order chi connectivity index (χ0) is 57.9. The Kier molecular flexibility index (Phi) is 29.8. The predicted molar refractivity (Wildman–Crippen MR) is 197 cm³/mol. The Labute approximate surface area is 466 Å². The summed E-state index contributed by atoms with van der Waals surface area (Å²) in [5.41, 5.74) is -12.3. The second kappa shape index (κ2) is 32.3. The van der Waals surface area contributed by atoms with E-state index in [1.807, 2.05) is 0 Å². The summed E-state index contributed by atoms with van der Waals surface area (Å²) < 4.78 is 0. The first kappa shape index (κ1) is 72.2. The maximum absolute atomic E-state index is 10.6. The number of carbonyl (C=O) groups is 15. The molecule has 0 unspecified atom stereocenters. The summed E-state index contributed by atoms with van der Waals surface area (Å²) in [6, 6.07) is 14.5. The first-order valence-corrected chi connectivity index (χ1v) is 18.6. The average Bonchev–Trinajstić information content (AvgIpc) is 3.32. The molecule has 3 radical (unpaired) electrons. The molecule has 5 aromatic rings. The number of carboxylic acid groups (broad SMARTS) is 15. The summed E-state index contributed by atoms with van der Waals surface area (Å²) in [5.74, 6) is -27.5. The molecule has 0 aliphatic rings. The molecular weight excluding hydrogens is 1170 g/mol. The van der Waals surface area contributed by atoms with Gasteiger partial charge in [-0.2, -0.15) is 0 Å². The Hall–Kier alpha value is -10.1. The maximum Gasteiger partial charge on any atom is 0.0728 e. The SMILES string of the molecule is O=C([O-])c1cccc(C(=O)[O-])c1C(=O)[O-].O=C([O-])c1cccc(C(=O)[O-])c1C(=O)[O-].O=C([O-])c1cccc(C(=O)[O-])c1C(=O)[O-].O=C([O-])c1cccc(C(=O)[O-])c1C(=O)[O-].O=C([O-])c1cccc(C(=O)[O-])c1C(=O)[O-].[V].[V].[V]. The fourth-order valence-corrected chi connectivity index (χ4v) is 5.56. The van der Waals surface area contributed by atoms with Crippen LogP contribution in [0, 0.1) is 0 Å². The largest absolute Gasteiger partial charge is 0.545 e. The molecule has 5 aromatic carbocycles. The molecule has 0 aliphatic heterocycles. The van der Waals surface area contributed by atoms with Gasteiger partial charge in [0.1, 0.15) is 0 Å². The van der Waals surface area contributed by atoms with Crippen molar-refractivity contribution in [1.29, 1.82) is 0 Å². The first-order chi connectivity index (χ1) is 34.7. The van der Waals surface area contributed by atoms with Gasteiger partial charge in [0.15, 0.2) is 0 Å². The van der Waals surface area contributed by atoms with Gasteiger partial charge < -0.3 is 149 Å². The number of hydrogen-bond donors (Lipinski definition) is 0. The van der Waals surface area contributed by atoms with Gasteiger partial charge >= 0.3 is 0 Å². The average molecular weight is 1190 g/mol. The standard InChI is InChI=1S/5C9H6O6.3V/c5*10-7(11)4-2-1-3-5(8(12)13)6(4)9(14)15;;;/h5*1-3H,(H,10,11)(H,12,13)(H,14,15);;;/p-15. The van der Waals surface area contributed by atoms with E-state index in [-0.39, 0.29) is 55.7 Å². The van der Waals surface area contributed by atoms with Gasteiger partial charge in [0, 0.05) is 139 Å². The van der Waals surface area contributed by atoms with Gasteiger partial charge in [-0.25, -0.2) is 0 Å². The minimum absolute atomic E-state index is 0. The number of rotatable bonds is 15. The normalized spacial score (nSPS) is 9.23. The van der Waals surface area contributed by atoms with Gasteiger partial charge in [-0.3, -0.25) is 0 Å². The van der Waals surface area contributed by atoms with Crippen LogP contribution in [0.25, 0.3) is 0 Å². The van der Waals surface area contributed by atoms with Crippen molar-refractivity contribution in [1.82, 2.24) is 0 Å². The molecule has 0 heterocycles. The smallest absolute Gasteiger partial charge is 0.0728 e. The van der Waals surface area contributed by atoms with Gasteiger partial charge in [0.2, 0.25) is 0 Å². The van der Waals surface area contributed by atoms with E-state index in [9.17, 15) is 149 Å². The topological polar surface area (TPSA) is 602 Å². The molecule has 0 aliphatic carbocycles. The zero-order valence-corrected chi connectivity index (χ0v) is 41.4. The Balaban J connectivity index is -0.000000893. The van der Waals surface area contributed by atoms with Crippen LogP contribution >= 0.6 is 0 Å². The molecule has 0 bridgehead atoms. The van der Waals surface area contributed by atoms with Crippen molar-refractivity contribution in [2.75, 3.05) is 0 Å². The molecule has 0 atom stereocenters. The van der Waals surface area contributed by atoms with Gasteiger partial charge in [0.05, 0.1) is 89.5 Å². The number of carbonyl (C=O) groups excluding carboxylic acids is 15. The predicted octanol–water partition coefficient (Wildman–Crippen LogP) is -16.1. The van der Waals surface area contributed by atoms with Crippen molar-refractivity contribution in [2.24, 2.45) is 0 Å². The van der Waals surface area contributed by atoms with Crippen LogP contribution < -0.4 is 76.6 Å². The Morgan fingerprint density at radius 2 is 0.244 bits per heavy atom. The number of carboxylic acids is 15. The molecule has 0 saturated carbocycles. The number of hydrogen-bond acceptors (Lipinski definition) is 30. The molecule has 78 heavy (non-hydrogen) atoms. The molecule has 0 spiro atoms. The van der Waals surface area contributed by atoms with Crippen LogP contribution in [0.15, 0.2) is 91.0 Å². The quantitative estimate of drug-likeness (QED) is 0.0939. The van der Waals surface area contributed by atoms with Crippen LogP contribution in [0.5, 0.6) is 0 Å². The zero-order valence-electron chi connectivity index (χ0n) is 37.2. The first-order valence-electron chi connectivity index (χ1n) is 18.6. The third-order valence-corrected chi connectivity index (χ3v) is 8.54. The fraction of sp³-hybridized carbons (Fsp3) is 0. The van der Waals surface area contributed by atoms with Crippen molar-refractivity contribution < 1.29 is 204 Å². The van der Waals surface area contributed by atoms with E-state index in [0.29, 0.717) is 0 Å². The third kappa shape index (κ3) is 19.3. The Bertz CT molecular complexity index is 2590. The summed E-state index contributed by atoms with van der Waals surface area (Å²) in [4.78, 5) is 158. The molecule has 0 N–H and O–H groups in total. The molecule has 0 amide bonds. The van der Waals surface area contributed by atoms with Gasteiger partial charge in [-0.05, 0) is 0 Å². The van der Waals surface area contributed by atoms with Crippen LogP contribution in [0.4, 0.5) is 0 Å². The van der Waals surface area contributed by atoms with Crippen molar-refractivity contribution >= 4 is 89.5 Å². The van der Waals surface area contributed by atoms with Gasteiger partial charge in [-0.1, -0.05) is 91.0 Å². The van der Waals surface area contributed by atoms with Crippen LogP contribution in [0.2, 0.25) is 0 Å².